The standard InChI is InChI=1S/C24H30BNO4/c1-17-7-8-19(15-18(17)2)11-14-22(27)26-28-16-20-9-12-21(13-10-20)25-29-23(3,4)24(5,6)30-25/h7-15H,16H2,1-6H3,(H,26,27)/b14-11+. The van der Waals surface area contributed by atoms with Crippen molar-refractivity contribution in [3.8, 4) is 0 Å². The molecule has 0 saturated carbocycles. The molecule has 3 rings (SSSR count). The van der Waals surface area contributed by atoms with Crippen LogP contribution in [0.2, 0.25) is 0 Å². The summed E-state index contributed by atoms with van der Waals surface area (Å²) in [6.45, 7) is 12.5. The molecule has 0 radical (unpaired) electrons. The van der Waals surface area contributed by atoms with Gasteiger partial charge >= 0.3 is 7.12 Å². The molecule has 1 amide bonds. The van der Waals surface area contributed by atoms with Crippen molar-refractivity contribution >= 4 is 24.6 Å². The minimum Gasteiger partial charge on any atom is -0.399 e. The second-order valence-corrected chi connectivity index (χ2v) is 8.76. The molecule has 1 aliphatic rings. The number of rotatable bonds is 6. The van der Waals surface area contributed by atoms with Crippen molar-refractivity contribution in [2.75, 3.05) is 0 Å². The van der Waals surface area contributed by atoms with E-state index in [1.165, 1.54) is 17.2 Å². The third-order valence-corrected chi connectivity index (χ3v) is 5.87. The van der Waals surface area contributed by atoms with Crippen molar-refractivity contribution in [2.45, 2.75) is 59.4 Å². The summed E-state index contributed by atoms with van der Waals surface area (Å²) in [5.74, 6) is -0.304. The number of hydrogen-bond acceptors (Lipinski definition) is 4. The number of nitrogens with one attached hydrogen (secondary N) is 1. The summed E-state index contributed by atoms with van der Waals surface area (Å²) in [5, 5.41) is 0. The largest absolute Gasteiger partial charge is 0.494 e. The second-order valence-electron chi connectivity index (χ2n) is 8.76. The molecular formula is C24H30BNO4. The average Bonchev–Trinajstić information content (AvgIpc) is 2.90. The van der Waals surface area contributed by atoms with Crippen molar-refractivity contribution in [3.05, 3.63) is 70.8 Å². The predicted molar refractivity (Wildman–Crippen MR) is 120 cm³/mol. The third-order valence-electron chi connectivity index (χ3n) is 5.87. The molecule has 158 valence electrons. The predicted octanol–water partition coefficient (Wildman–Crippen LogP) is 3.86. The highest BCUT2D eigenvalue weighted by molar-refractivity contribution is 6.62. The molecule has 1 heterocycles. The molecule has 1 N–H and O–H groups in total. The summed E-state index contributed by atoms with van der Waals surface area (Å²) in [6.07, 6.45) is 3.23. The Labute approximate surface area is 179 Å². The highest BCUT2D eigenvalue weighted by Crippen LogP contribution is 2.36. The van der Waals surface area contributed by atoms with E-state index >= 15 is 0 Å². The van der Waals surface area contributed by atoms with Gasteiger partial charge in [-0.05, 0) is 75.3 Å². The Hall–Kier alpha value is -2.41. The molecule has 0 atom stereocenters. The smallest absolute Gasteiger partial charge is 0.399 e. The van der Waals surface area contributed by atoms with Crippen LogP contribution in [0.3, 0.4) is 0 Å². The number of benzene rings is 2. The summed E-state index contributed by atoms with van der Waals surface area (Å²) in [4.78, 5) is 17.3. The molecule has 0 aliphatic carbocycles. The average molecular weight is 407 g/mol. The molecule has 1 fully saturated rings. The molecular weight excluding hydrogens is 377 g/mol. The Morgan fingerprint density at radius 2 is 1.63 bits per heavy atom. The minimum atomic E-state index is -0.389. The third kappa shape index (κ3) is 5.19. The first-order chi connectivity index (χ1) is 14.1. The van der Waals surface area contributed by atoms with Crippen LogP contribution in [0, 0.1) is 13.8 Å². The first kappa shape index (κ1) is 22.3. The van der Waals surface area contributed by atoms with E-state index in [0.717, 1.165) is 16.6 Å². The lowest BCUT2D eigenvalue weighted by molar-refractivity contribution is -0.129. The van der Waals surface area contributed by atoms with Crippen LogP contribution in [0.15, 0.2) is 48.5 Å². The van der Waals surface area contributed by atoms with Gasteiger partial charge in [0.05, 0.1) is 17.8 Å². The zero-order valence-electron chi connectivity index (χ0n) is 18.6. The van der Waals surface area contributed by atoms with Crippen molar-refractivity contribution in [1.82, 2.24) is 5.48 Å². The molecule has 2 aromatic carbocycles. The Morgan fingerprint density at radius 3 is 2.23 bits per heavy atom. The Kier molecular flexibility index (Phi) is 6.51. The Balaban J connectivity index is 1.48. The molecule has 1 saturated heterocycles. The molecule has 0 bridgehead atoms. The van der Waals surface area contributed by atoms with Gasteiger partial charge in [-0.25, -0.2) is 5.48 Å². The van der Waals surface area contributed by atoms with E-state index in [1.54, 1.807) is 6.08 Å². The van der Waals surface area contributed by atoms with Gasteiger partial charge in [0, 0.05) is 6.08 Å². The quantitative estimate of drug-likeness (QED) is 0.449. The monoisotopic (exact) mass is 407 g/mol. The van der Waals surface area contributed by atoms with Gasteiger partial charge in [-0.2, -0.15) is 0 Å². The number of amides is 1. The van der Waals surface area contributed by atoms with E-state index in [-0.39, 0.29) is 30.8 Å². The fourth-order valence-corrected chi connectivity index (χ4v) is 3.01. The van der Waals surface area contributed by atoms with E-state index < -0.39 is 0 Å². The SMILES string of the molecule is Cc1ccc(/C=C/C(=O)NOCc2ccc(B3OC(C)(C)C(C)(C)O3)cc2)cc1C. The maximum atomic E-state index is 12.0. The van der Waals surface area contributed by atoms with Gasteiger partial charge in [-0.15, -0.1) is 0 Å². The van der Waals surface area contributed by atoms with E-state index in [4.69, 9.17) is 14.1 Å². The highest BCUT2D eigenvalue weighted by Gasteiger charge is 2.51. The summed E-state index contributed by atoms with van der Waals surface area (Å²) < 4.78 is 12.1. The number of carbonyl (C=O) groups is 1. The van der Waals surface area contributed by atoms with Crippen LogP contribution in [0.4, 0.5) is 0 Å². The second kappa shape index (κ2) is 8.76. The van der Waals surface area contributed by atoms with E-state index in [9.17, 15) is 4.79 Å². The molecule has 2 aromatic rings. The molecule has 0 unspecified atom stereocenters. The highest BCUT2D eigenvalue weighted by atomic mass is 16.7. The molecule has 5 nitrogen and oxygen atoms in total. The number of aryl methyl sites for hydroxylation is 2. The van der Waals surface area contributed by atoms with Crippen molar-refractivity contribution in [1.29, 1.82) is 0 Å². The molecule has 1 aliphatic heterocycles. The molecule has 0 spiro atoms. The van der Waals surface area contributed by atoms with Crippen LogP contribution >= 0.6 is 0 Å². The van der Waals surface area contributed by atoms with Crippen LogP contribution in [-0.4, -0.2) is 24.2 Å². The van der Waals surface area contributed by atoms with Gasteiger partial charge < -0.3 is 9.31 Å². The van der Waals surface area contributed by atoms with Gasteiger partial charge in [0.15, 0.2) is 0 Å². The van der Waals surface area contributed by atoms with Crippen molar-refractivity contribution in [2.24, 2.45) is 0 Å². The van der Waals surface area contributed by atoms with Gasteiger partial charge in [-0.1, -0.05) is 42.5 Å². The summed E-state index contributed by atoms with van der Waals surface area (Å²) in [7, 11) is -0.389. The van der Waals surface area contributed by atoms with Crippen LogP contribution in [-0.2, 0) is 25.5 Å². The van der Waals surface area contributed by atoms with E-state index in [0.29, 0.717) is 0 Å². The summed E-state index contributed by atoms with van der Waals surface area (Å²) in [5.41, 5.74) is 7.00. The Bertz CT molecular complexity index is 919. The normalized spacial score (nSPS) is 17.5. The van der Waals surface area contributed by atoms with Crippen LogP contribution in [0.1, 0.15) is 49.9 Å². The molecule has 30 heavy (non-hydrogen) atoms. The number of carbonyl (C=O) groups excluding carboxylic acids is 1. The zero-order valence-corrected chi connectivity index (χ0v) is 18.6. The fraction of sp³-hybridized carbons (Fsp3) is 0.375. The van der Waals surface area contributed by atoms with E-state index in [2.05, 4.69) is 12.4 Å². The lowest BCUT2D eigenvalue weighted by Crippen LogP contribution is -2.41. The van der Waals surface area contributed by atoms with Crippen molar-refractivity contribution in [3.63, 3.8) is 0 Å². The van der Waals surface area contributed by atoms with Gasteiger partial charge in [0.2, 0.25) is 0 Å². The minimum absolute atomic E-state index is 0.271. The van der Waals surface area contributed by atoms with Crippen LogP contribution in [0.5, 0.6) is 0 Å². The maximum Gasteiger partial charge on any atom is 0.494 e. The van der Waals surface area contributed by atoms with Crippen molar-refractivity contribution < 1.29 is 18.9 Å². The lowest BCUT2D eigenvalue weighted by atomic mass is 9.79. The lowest BCUT2D eigenvalue weighted by Gasteiger charge is -2.32. The summed E-state index contributed by atoms with van der Waals surface area (Å²) >= 11 is 0. The van der Waals surface area contributed by atoms with Crippen LogP contribution in [0.25, 0.3) is 6.08 Å². The van der Waals surface area contributed by atoms with E-state index in [1.807, 2.05) is 77.1 Å². The maximum absolute atomic E-state index is 12.0. The summed E-state index contributed by atoms with van der Waals surface area (Å²) in [6, 6.07) is 13.9. The van der Waals surface area contributed by atoms with Crippen LogP contribution < -0.4 is 10.9 Å². The molecule has 6 heteroatoms. The van der Waals surface area contributed by atoms with Gasteiger partial charge in [0.25, 0.3) is 5.91 Å². The fourth-order valence-electron chi connectivity index (χ4n) is 3.01. The first-order valence-electron chi connectivity index (χ1n) is 10.2. The topological polar surface area (TPSA) is 56.8 Å². The zero-order chi connectivity index (χ0) is 21.9. The van der Waals surface area contributed by atoms with Gasteiger partial charge in [-0.3, -0.25) is 9.63 Å². The number of hydroxylamine groups is 1. The molecule has 0 aromatic heterocycles. The number of hydrogen-bond donors (Lipinski definition) is 1. The first-order valence-corrected chi connectivity index (χ1v) is 10.2. The Morgan fingerprint density at radius 1 is 1.00 bits per heavy atom. The van der Waals surface area contributed by atoms with Gasteiger partial charge in [0.1, 0.15) is 0 Å².